The number of halogens is 2. The lowest BCUT2D eigenvalue weighted by molar-refractivity contribution is 0.111. The minimum Gasteiger partial charge on any atom is -0.336 e. The Bertz CT molecular complexity index is 479. The van der Waals surface area contributed by atoms with E-state index in [1.807, 2.05) is 0 Å². The van der Waals surface area contributed by atoms with Crippen LogP contribution in [0.2, 0.25) is 0 Å². The predicted octanol–water partition coefficient (Wildman–Crippen LogP) is 2.31. The van der Waals surface area contributed by atoms with Crippen LogP contribution in [0, 0.1) is 0 Å². The minimum absolute atomic E-state index is 0.0846. The van der Waals surface area contributed by atoms with Gasteiger partial charge in [0, 0.05) is 5.56 Å². The summed E-state index contributed by atoms with van der Waals surface area (Å²) in [6.45, 7) is 0. The lowest BCUT2D eigenvalue weighted by Gasteiger charge is -1.97. The standard InChI is InChI=1S/C9H6F2N2O/c10-9(11)5-1-2-6-7(3-5)13-8(4-14)12-6/h1-4,9H,(H,12,13). The molecule has 0 atom stereocenters. The lowest BCUT2D eigenvalue weighted by Crippen LogP contribution is -1.82. The molecule has 2 rings (SSSR count). The summed E-state index contributed by atoms with van der Waals surface area (Å²) in [7, 11) is 0. The van der Waals surface area contributed by atoms with E-state index in [1.54, 1.807) is 0 Å². The molecular weight excluding hydrogens is 190 g/mol. The predicted molar refractivity (Wildman–Crippen MR) is 46.4 cm³/mol. The Labute approximate surface area is 77.8 Å². The summed E-state index contributed by atoms with van der Waals surface area (Å²) in [5.74, 6) is 0.145. The number of imidazole rings is 1. The fraction of sp³-hybridized carbons (Fsp3) is 0.111. The van der Waals surface area contributed by atoms with Gasteiger partial charge in [0.2, 0.25) is 0 Å². The van der Waals surface area contributed by atoms with Crippen molar-refractivity contribution in [3.63, 3.8) is 0 Å². The van der Waals surface area contributed by atoms with Crippen molar-refractivity contribution >= 4 is 17.3 Å². The van der Waals surface area contributed by atoms with Gasteiger partial charge in [0.15, 0.2) is 12.1 Å². The van der Waals surface area contributed by atoms with E-state index in [2.05, 4.69) is 9.97 Å². The summed E-state index contributed by atoms with van der Waals surface area (Å²) in [6, 6.07) is 4.04. The minimum atomic E-state index is -2.51. The number of aldehydes is 1. The Kier molecular flexibility index (Phi) is 1.99. The first-order chi connectivity index (χ1) is 6.70. The molecule has 3 nitrogen and oxygen atoms in total. The van der Waals surface area contributed by atoms with E-state index in [4.69, 9.17) is 0 Å². The number of hydrogen-bond acceptors (Lipinski definition) is 2. The highest BCUT2D eigenvalue weighted by Gasteiger charge is 2.09. The van der Waals surface area contributed by atoms with Gasteiger partial charge in [-0.15, -0.1) is 0 Å². The van der Waals surface area contributed by atoms with Gasteiger partial charge in [-0.05, 0) is 12.1 Å². The van der Waals surface area contributed by atoms with E-state index in [9.17, 15) is 13.6 Å². The van der Waals surface area contributed by atoms with Crippen molar-refractivity contribution in [1.82, 2.24) is 9.97 Å². The average Bonchev–Trinajstić information content (AvgIpc) is 2.58. The first-order valence-electron chi connectivity index (χ1n) is 3.93. The van der Waals surface area contributed by atoms with Crippen LogP contribution in [0.15, 0.2) is 18.2 Å². The number of rotatable bonds is 2. The maximum Gasteiger partial charge on any atom is 0.263 e. The Hall–Kier alpha value is -1.78. The number of H-pyrrole nitrogens is 1. The molecule has 0 bridgehead atoms. The van der Waals surface area contributed by atoms with Crippen molar-refractivity contribution in [1.29, 1.82) is 0 Å². The number of hydrogen-bond donors (Lipinski definition) is 1. The molecule has 1 aromatic heterocycles. The van der Waals surface area contributed by atoms with Gasteiger partial charge in [0.1, 0.15) is 0 Å². The number of aromatic amines is 1. The Balaban J connectivity index is 2.59. The molecule has 72 valence electrons. The molecule has 0 unspecified atom stereocenters. The second kappa shape index (κ2) is 3.17. The fourth-order valence-electron chi connectivity index (χ4n) is 1.24. The Morgan fingerprint density at radius 1 is 1.43 bits per heavy atom. The summed E-state index contributed by atoms with van der Waals surface area (Å²) in [4.78, 5) is 16.8. The van der Waals surface area contributed by atoms with E-state index in [0.29, 0.717) is 17.3 Å². The van der Waals surface area contributed by atoms with Crippen LogP contribution >= 0.6 is 0 Å². The number of carbonyl (C=O) groups is 1. The van der Waals surface area contributed by atoms with Crippen molar-refractivity contribution in [3.05, 3.63) is 29.6 Å². The van der Waals surface area contributed by atoms with Crippen molar-refractivity contribution < 1.29 is 13.6 Å². The number of benzene rings is 1. The third kappa shape index (κ3) is 1.37. The van der Waals surface area contributed by atoms with Gasteiger partial charge in [-0.2, -0.15) is 0 Å². The molecule has 0 fully saturated rings. The summed E-state index contributed by atoms with van der Waals surface area (Å²) in [5.41, 5.74) is 0.875. The van der Waals surface area contributed by atoms with Gasteiger partial charge in [-0.1, -0.05) is 6.07 Å². The Morgan fingerprint density at radius 3 is 2.86 bits per heavy atom. The molecule has 0 saturated heterocycles. The zero-order valence-corrected chi connectivity index (χ0v) is 7.00. The van der Waals surface area contributed by atoms with Crippen molar-refractivity contribution in [2.45, 2.75) is 6.43 Å². The van der Waals surface area contributed by atoms with E-state index >= 15 is 0 Å². The van der Waals surface area contributed by atoms with Crippen LogP contribution in [0.5, 0.6) is 0 Å². The van der Waals surface area contributed by atoms with E-state index in [-0.39, 0.29) is 11.4 Å². The maximum atomic E-state index is 12.3. The number of carbonyl (C=O) groups excluding carboxylic acids is 1. The average molecular weight is 196 g/mol. The molecule has 0 spiro atoms. The van der Waals surface area contributed by atoms with Gasteiger partial charge < -0.3 is 4.98 Å². The number of nitrogens with zero attached hydrogens (tertiary/aromatic N) is 1. The van der Waals surface area contributed by atoms with E-state index in [0.717, 1.165) is 0 Å². The summed E-state index contributed by atoms with van der Waals surface area (Å²) in [6.07, 6.45) is -1.97. The summed E-state index contributed by atoms with van der Waals surface area (Å²) >= 11 is 0. The van der Waals surface area contributed by atoms with Crippen molar-refractivity contribution in [2.75, 3.05) is 0 Å². The quantitative estimate of drug-likeness (QED) is 0.749. The van der Waals surface area contributed by atoms with Crippen molar-refractivity contribution in [2.24, 2.45) is 0 Å². The molecule has 0 aliphatic heterocycles. The van der Waals surface area contributed by atoms with Gasteiger partial charge in [-0.3, -0.25) is 4.79 Å². The van der Waals surface area contributed by atoms with Crippen LogP contribution in [0.1, 0.15) is 22.6 Å². The van der Waals surface area contributed by atoms with Crippen molar-refractivity contribution in [3.8, 4) is 0 Å². The highest BCUT2D eigenvalue weighted by molar-refractivity contribution is 5.82. The monoisotopic (exact) mass is 196 g/mol. The van der Waals surface area contributed by atoms with Crippen LogP contribution in [0.3, 0.4) is 0 Å². The third-order valence-corrected chi connectivity index (χ3v) is 1.89. The lowest BCUT2D eigenvalue weighted by atomic mass is 10.2. The number of aromatic nitrogens is 2. The zero-order valence-electron chi connectivity index (χ0n) is 7.00. The van der Waals surface area contributed by atoms with Gasteiger partial charge in [0.25, 0.3) is 6.43 Å². The molecule has 0 aliphatic rings. The molecule has 0 aliphatic carbocycles. The SMILES string of the molecule is O=Cc1nc2ccc(C(F)F)cc2[nH]1. The zero-order chi connectivity index (χ0) is 10.1. The molecule has 1 aromatic carbocycles. The van der Waals surface area contributed by atoms with Gasteiger partial charge in [0.05, 0.1) is 11.0 Å². The molecule has 1 heterocycles. The number of nitrogens with one attached hydrogen (secondary N) is 1. The number of fused-ring (bicyclic) bond motifs is 1. The van der Waals surface area contributed by atoms with E-state index in [1.165, 1.54) is 18.2 Å². The molecule has 0 radical (unpaired) electrons. The highest BCUT2D eigenvalue weighted by Crippen LogP contribution is 2.22. The highest BCUT2D eigenvalue weighted by atomic mass is 19.3. The molecule has 14 heavy (non-hydrogen) atoms. The van der Waals surface area contributed by atoms with Crippen LogP contribution in [0.25, 0.3) is 11.0 Å². The second-order valence-corrected chi connectivity index (χ2v) is 2.82. The molecule has 5 heteroatoms. The molecule has 0 amide bonds. The third-order valence-electron chi connectivity index (χ3n) is 1.89. The molecule has 2 aromatic rings. The van der Waals surface area contributed by atoms with Crippen LogP contribution in [-0.4, -0.2) is 16.3 Å². The number of alkyl halides is 2. The normalized spacial score (nSPS) is 11.1. The second-order valence-electron chi connectivity index (χ2n) is 2.82. The largest absolute Gasteiger partial charge is 0.336 e. The first kappa shape index (κ1) is 8.80. The van der Waals surface area contributed by atoms with Crippen LogP contribution in [-0.2, 0) is 0 Å². The molecular formula is C9H6F2N2O. The molecule has 1 N–H and O–H groups in total. The smallest absolute Gasteiger partial charge is 0.263 e. The first-order valence-corrected chi connectivity index (χ1v) is 3.93. The topological polar surface area (TPSA) is 45.8 Å². The maximum absolute atomic E-state index is 12.3. The summed E-state index contributed by atoms with van der Waals surface area (Å²) < 4.78 is 24.6. The van der Waals surface area contributed by atoms with Crippen LogP contribution in [0.4, 0.5) is 8.78 Å². The molecule has 0 saturated carbocycles. The van der Waals surface area contributed by atoms with Gasteiger partial charge >= 0.3 is 0 Å². The van der Waals surface area contributed by atoms with Gasteiger partial charge in [-0.25, -0.2) is 13.8 Å². The summed E-state index contributed by atoms with van der Waals surface area (Å²) in [5, 5.41) is 0. The fourth-order valence-corrected chi connectivity index (χ4v) is 1.24. The van der Waals surface area contributed by atoms with Crippen LogP contribution < -0.4 is 0 Å². The Morgan fingerprint density at radius 2 is 2.21 bits per heavy atom. The van der Waals surface area contributed by atoms with E-state index < -0.39 is 6.43 Å².